The number of hydrogen-bond acceptors (Lipinski definition) is 4. The molecule has 0 saturated heterocycles. The van der Waals surface area contributed by atoms with Gasteiger partial charge in [0.25, 0.3) is 0 Å². The SMILES string of the molecule is O=C(O)C1CCCC1c1nc(CC2CC2)no1. The van der Waals surface area contributed by atoms with Gasteiger partial charge in [-0.25, -0.2) is 0 Å². The largest absolute Gasteiger partial charge is 0.481 e. The van der Waals surface area contributed by atoms with Crippen molar-refractivity contribution in [3.63, 3.8) is 0 Å². The van der Waals surface area contributed by atoms with Crippen LogP contribution >= 0.6 is 0 Å². The van der Waals surface area contributed by atoms with Crippen LogP contribution in [0.25, 0.3) is 0 Å². The first-order chi connectivity index (χ1) is 8.24. The Bertz CT molecular complexity index is 425. The molecule has 1 aromatic heterocycles. The van der Waals surface area contributed by atoms with Gasteiger partial charge in [0.05, 0.1) is 11.8 Å². The molecule has 0 amide bonds. The third-order valence-corrected chi connectivity index (χ3v) is 3.80. The Morgan fingerprint density at radius 1 is 1.35 bits per heavy atom. The maximum atomic E-state index is 11.1. The highest BCUT2D eigenvalue weighted by Gasteiger charge is 2.37. The van der Waals surface area contributed by atoms with Crippen molar-refractivity contribution in [1.29, 1.82) is 0 Å². The van der Waals surface area contributed by atoms with Crippen LogP contribution in [-0.4, -0.2) is 21.2 Å². The van der Waals surface area contributed by atoms with Gasteiger partial charge < -0.3 is 9.63 Å². The van der Waals surface area contributed by atoms with Crippen LogP contribution in [0.15, 0.2) is 4.52 Å². The molecule has 5 nitrogen and oxygen atoms in total. The predicted octanol–water partition coefficient (Wildman–Crippen LogP) is 1.99. The van der Waals surface area contributed by atoms with Crippen molar-refractivity contribution >= 4 is 5.97 Å². The zero-order valence-corrected chi connectivity index (χ0v) is 9.63. The summed E-state index contributed by atoms with van der Waals surface area (Å²) in [5.74, 6) is 0.843. The molecule has 0 bridgehead atoms. The molecular formula is C12H16N2O3. The molecule has 1 heterocycles. The van der Waals surface area contributed by atoms with Gasteiger partial charge in [0.2, 0.25) is 5.89 Å². The maximum Gasteiger partial charge on any atom is 0.307 e. The van der Waals surface area contributed by atoms with Crippen molar-refractivity contribution in [2.24, 2.45) is 11.8 Å². The third-order valence-electron chi connectivity index (χ3n) is 3.80. The van der Waals surface area contributed by atoms with E-state index in [1.54, 1.807) is 0 Å². The number of nitrogens with zero attached hydrogens (tertiary/aromatic N) is 2. The van der Waals surface area contributed by atoms with E-state index in [1.807, 2.05) is 0 Å². The van der Waals surface area contributed by atoms with Crippen LogP contribution in [0.1, 0.15) is 49.7 Å². The molecule has 0 aliphatic heterocycles. The van der Waals surface area contributed by atoms with E-state index in [9.17, 15) is 4.79 Å². The monoisotopic (exact) mass is 236 g/mol. The van der Waals surface area contributed by atoms with Crippen LogP contribution < -0.4 is 0 Å². The summed E-state index contributed by atoms with van der Waals surface area (Å²) in [6.45, 7) is 0. The summed E-state index contributed by atoms with van der Waals surface area (Å²) >= 11 is 0. The van der Waals surface area contributed by atoms with Crippen LogP contribution in [0.2, 0.25) is 0 Å². The van der Waals surface area contributed by atoms with Gasteiger partial charge in [0.1, 0.15) is 0 Å². The van der Waals surface area contributed by atoms with E-state index in [0.717, 1.165) is 37.4 Å². The van der Waals surface area contributed by atoms with E-state index in [-0.39, 0.29) is 11.8 Å². The Balaban J connectivity index is 1.73. The molecule has 2 aliphatic carbocycles. The number of carboxylic acid groups (broad SMARTS) is 1. The summed E-state index contributed by atoms with van der Waals surface area (Å²) in [7, 11) is 0. The standard InChI is InChI=1S/C12H16N2O3/c15-12(16)9-3-1-2-8(9)11-13-10(14-17-11)6-7-4-5-7/h7-9H,1-6H2,(H,15,16). The topological polar surface area (TPSA) is 76.2 Å². The first-order valence-corrected chi connectivity index (χ1v) is 6.29. The predicted molar refractivity (Wildman–Crippen MR) is 58.4 cm³/mol. The van der Waals surface area contributed by atoms with Crippen LogP contribution in [-0.2, 0) is 11.2 Å². The summed E-state index contributed by atoms with van der Waals surface area (Å²) < 4.78 is 5.23. The Labute approximate surface area is 99.2 Å². The minimum Gasteiger partial charge on any atom is -0.481 e. The van der Waals surface area contributed by atoms with Gasteiger partial charge in [-0.3, -0.25) is 4.79 Å². The molecular weight excluding hydrogens is 220 g/mol. The lowest BCUT2D eigenvalue weighted by Crippen LogP contribution is -2.17. The van der Waals surface area contributed by atoms with Crippen LogP contribution in [0.4, 0.5) is 0 Å². The van der Waals surface area contributed by atoms with E-state index in [1.165, 1.54) is 12.8 Å². The van der Waals surface area contributed by atoms with Gasteiger partial charge in [-0.15, -0.1) is 0 Å². The van der Waals surface area contributed by atoms with Crippen molar-refractivity contribution in [3.8, 4) is 0 Å². The van der Waals surface area contributed by atoms with Gasteiger partial charge in [-0.05, 0) is 31.6 Å². The van der Waals surface area contributed by atoms with Gasteiger partial charge in [-0.2, -0.15) is 4.98 Å². The molecule has 17 heavy (non-hydrogen) atoms. The van der Waals surface area contributed by atoms with Crippen molar-refractivity contribution in [2.45, 2.75) is 44.4 Å². The Hall–Kier alpha value is -1.39. The fraction of sp³-hybridized carbons (Fsp3) is 0.750. The third kappa shape index (κ3) is 2.18. The number of aliphatic carboxylic acids is 1. The van der Waals surface area contributed by atoms with E-state index in [0.29, 0.717) is 5.89 Å². The minimum atomic E-state index is -0.741. The Morgan fingerprint density at radius 2 is 2.18 bits per heavy atom. The van der Waals surface area contributed by atoms with Crippen molar-refractivity contribution in [2.75, 3.05) is 0 Å². The summed E-state index contributed by atoms with van der Waals surface area (Å²) in [4.78, 5) is 15.5. The average Bonchev–Trinajstić information content (AvgIpc) is 2.82. The van der Waals surface area contributed by atoms with Crippen molar-refractivity contribution < 1.29 is 14.4 Å². The lowest BCUT2D eigenvalue weighted by atomic mass is 9.96. The zero-order chi connectivity index (χ0) is 11.8. The highest BCUT2D eigenvalue weighted by atomic mass is 16.5. The lowest BCUT2D eigenvalue weighted by Gasteiger charge is -2.09. The Morgan fingerprint density at radius 3 is 2.88 bits per heavy atom. The van der Waals surface area contributed by atoms with E-state index in [2.05, 4.69) is 10.1 Å². The smallest absolute Gasteiger partial charge is 0.307 e. The first-order valence-electron chi connectivity index (χ1n) is 6.29. The quantitative estimate of drug-likeness (QED) is 0.865. The lowest BCUT2D eigenvalue weighted by molar-refractivity contribution is -0.142. The van der Waals surface area contributed by atoms with Crippen LogP contribution in [0, 0.1) is 11.8 Å². The van der Waals surface area contributed by atoms with E-state index < -0.39 is 5.97 Å². The highest BCUT2D eigenvalue weighted by Crippen LogP contribution is 2.39. The van der Waals surface area contributed by atoms with E-state index in [4.69, 9.17) is 9.63 Å². The first kappa shape index (κ1) is 10.7. The highest BCUT2D eigenvalue weighted by molar-refractivity contribution is 5.71. The molecule has 3 rings (SSSR count). The molecule has 2 saturated carbocycles. The molecule has 1 aromatic rings. The van der Waals surface area contributed by atoms with Gasteiger partial charge >= 0.3 is 5.97 Å². The van der Waals surface area contributed by atoms with E-state index >= 15 is 0 Å². The number of hydrogen-bond donors (Lipinski definition) is 1. The molecule has 0 aromatic carbocycles. The second-order valence-electron chi connectivity index (χ2n) is 5.18. The number of carboxylic acids is 1. The second kappa shape index (κ2) is 4.13. The molecule has 0 radical (unpaired) electrons. The van der Waals surface area contributed by atoms with Crippen LogP contribution in [0.3, 0.4) is 0 Å². The van der Waals surface area contributed by atoms with Gasteiger partial charge in [0.15, 0.2) is 5.82 Å². The normalized spacial score (nSPS) is 28.5. The second-order valence-corrected chi connectivity index (χ2v) is 5.18. The van der Waals surface area contributed by atoms with Crippen LogP contribution in [0.5, 0.6) is 0 Å². The summed E-state index contributed by atoms with van der Waals surface area (Å²) in [6.07, 6.45) is 5.90. The van der Waals surface area contributed by atoms with Gasteiger partial charge in [-0.1, -0.05) is 11.6 Å². The molecule has 2 fully saturated rings. The summed E-state index contributed by atoms with van der Waals surface area (Å²) in [5, 5.41) is 13.1. The van der Waals surface area contributed by atoms with Gasteiger partial charge in [0, 0.05) is 6.42 Å². The summed E-state index contributed by atoms with van der Waals surface area (Å²) in [6, 6.07) is 0. The number of carbonyl (C=O) groups is 1. The van der Waals surface area contributed by atoms with Crippen molar-refractivity contribution in [1.82, 2.24) is 10.1 Å². The fourth-order valence-corrected chi connectivity index (χ4v) is 2.63. The molecule has 1 N–H and O–H groups in total. The fourth-order valence-electron chi connectivity index (χ4n) is 2.63. The zero-order valence-electron chi connectivity index (χ0n) is 9.63. The molecule has 2 atom stereocenters. The molecule has 5 heteroatoms. The minimum absolute atomic E-state index is 0.0760. The average molecular weight is 236 g/mol. The molecule has 2 unspecified atom stereocenters. The Kier molecular flexibility index (Phi) is 2.61. The maximum absolute atomic E-state index is 11.1. The number of aromatic nitrogens is 2. The molecule has 0 spiro atoms. The summed E-state index contributed by atoms with van der Waals surface area (Å²) in [5.41, 5.74) is 0. The molecule has 2 aliphatic rings. The number of rotatable bonds is 4. The van der Waals surface area contributed by atoms with Crippen molar-refractivity contribution in [3.05, 3.63) is 11.7 Å². The molecule has 92 valence electrons.